The molecule has 1 aromatic carbocycles. The number of thioether (sulfide) groups is 1. The first-order valence-electron chi connectivity index (χ1n) is 13.6. The lowest BCUT2D eigenvalue weighted by molar-refractivity contribution is -0.193. The number of rotatable bonds is 9. The molecule has 5 N–H and O–H groups in total. The van der Waals surface area contributed by atoms with E-state index in [9.17, 15) is 4.79 Å². The smallest absolute Gasteiger partial charge is 0.224 e. The number of hydrogen-bond donors (Lipinski definition) is 3. The van der Waals surface area contributed by atoms with Crippen LogP contribution in [0.5, 0.6) is 0 Å². The predicted octanol–water partition coefficient (Wildman–Crippen LogP) is 4.25. The van der Waals surface area contributed by atoms with Crippen LogP contribution in [0.25, 0.3) is 11.2 Å². The fourth-order valence-corrected chi connectivity index (χ4v) is 6.19. The van der Waals surface area contributed by atoms with Crippen LogP contribution in [0.3, 0.4) is 0 Å². The fourth-order valence-electron chi connectivity index (χ4n) is 5.12. The van der Waals surface area contributed by atoms with Crippen LogP contribution in [-0.2, 0) is 24.4 Å². The molecular formula is C28H39N7O4S. The van der Waals surface area contributed by atoms with Crippen molar-refractivity contribution in [2.75, 3.05) is 28.3 Å². The van der Waals surface area contributed by atoms with Gasteiger partial charge < -0.3 is 31.0 Å². The molecule has 40 heavy (non-hydrogen) atoms. The molecule has 2 fully saturated rings. The number of nitrogen functional groups attached to an aromatic ring is 2. The highest BCUT2D eigenvalue weighted by molar-refractivity contribution is 7.99. The lowest BCUT2D eigenvalue weighted by Gasteiger charge is -2.24. The number of carbonyl (C=O) groups excluding carboxylic acids is 1. The van der Waals surface area contributed by atoms with Crippen LogP contribution in [0.15, 0.2) is 30.9 Å². The Balaban J connectivity index is 1.10. The summed E-state index contributed by atoms with van der Waals surface area (Å²) >= 11 is 1.78. The minimum Gasteiger partial charge on any atom is -0.397 e. The first-order chi connectivity index (χ1) is 18.9. The maximum absolute atomic E-state index is 12.5. The van der Waals surface area contributed by atoms with Gasteiger partial charge >= 0.3 is 0 Å². The number of amides is 1. The highest BCUT2D eigenvalue weighted by Crippen LogP contribution is 2.44. The number of nitrogens with two attached hydrogens (primary N) is 2. The molecule has 3 aromatic rings. The minimum absolute atomic E-state index is 0.00411. The first kappa shape index (κ1) is 28.6. The van der Waals surface area contributed by atoms with Crippen molar-refractivity contribution < 1.29 is 19.0 Å². The van der Waals surface area contributed by atoms with Gasteiger partial charge in [-0.2, -0.15) is 11.8 Å². The third kappa shape index (κ3) is 6.04. The number of ether oxygens (including phenoxy) is 3. The van der Waals surface area contributed by atoms with Crippen molar-refractivity contribution in [3.8, 4) is 0 Å². The third-order valence-electron chi connectivity index (χ3n) is 7.20. The van der Waals surface area contributed by atoms with E-state index >= 15 is 0 Å². The number of carbonyl (C=O) groups is 1. The Kier molecular flexibility index (Phi) is 7.97. The molecule has 12 heteroatoms. The fraction of sp³-hybridized carbons (Fsp3) is 0.571. The van der Waals surface area contributed by atoms with E-state index < -0.39 is 12.0 Å². The average Bonchev–Trinajstić information content (AvgIpc) is 3.53. The minimum atomic E-state index is -0.714. The highest BCUT2D eigenvalue weighted by Gasteiger charge is 2.56. The van der Waals surface area contributed by atoms with Gasteiger partial charge in [-0.3, -0.25) is 9.36 Å². The molecule has 0 bridgehead atoms. The lowest BCUT2D eigenvalue weighted by Crippen LogP contribution is -2.31. The molecule has 216 valence electrons. The Morgan fingerprint density at radius 2 is 1.90 bits per heavy atom. The van der Waals surface area contributed by atoms with Gasteiger partial charge in [0, 0.05) is 12.2 Å². The largest absolute Gasteiger partial charge is 0.397 e. The normalized spacial score (nSPS) is 23.9. The number of anilines is 3. The summed E-state index contributed by atoms with van der Waals surface area (Å²) in [5.41, 5.74) is 15.7. The van der Waals surface area contributed by atoms with Gasteiger partial charge in [0.1, 0.15) is 24.1 Å². The van der Waals surface area contributed by atoms with E-state index in [4.69, 9.17) is 25.7 Å². The van der Waals surface area contributed by atoms with Gasteiger partial charge in [0.15, 0.2) is 23.5 Å². The summed E-state index contributed by atoms with van der Waals surface area (Å²) in [6.07, 6.45) is 4.10. The molecular weight excluding hydrogens is 530 g/mol. The van der Waals surface area contributed by atoms with Gasteiger partial charge in [0.2, 0.25) is 5.91 Å². The zero-order valence-electron chi connectivity index (χ0n) is 23.7. The molecule has 2 saturated heterocycles. The zero-order chi connectivity index (χ0) is 28.7. The van der Waals surface area contributed by atoms with Crippen LogP contribution in [0, 0.1) is 0 Å². The van der Waals surface area contributed by atoms with Crippen molar-refractivity contribution in [2.45, 2.75) is 89.6 Å². The maximum atomic E-state index is 12.5. The van der Waals surface area contributed by atoms with Crippen LogP contribution < -0.4 is 16.8 Å². The van der Waals surface area contributed by atoms with Gasteiger partial charge in [0.25, 0.3) is 0 Å². The molecule has 0 aliphatic carbocycles. The molecule has 0 radical (unpaired) electrons. The number of aromatic nitrogens is 4. The van der Waals surface area contributed by atoms with Gasteiger partial charge in [-0.25, -0.2) is 15.0 Å². The van der Waals surface area contributed by atoms with E-state index in [2.05, 4.69) is 41.0 Å². The monoisotopic (exact) mass is 569 g/mol. The van der Waals surface area contributed by atoms with E-state index in [-0.39, 0.29) is 29.6 Å². The molecule has 1 amide bonds. The predicted molar refractivity (Wildman–Crippen MR) is 157 cm³/mol. The number of imidazole rings is 1. The van der Waals surface area contributed by atoms with Crippen molar-refractivity contribution in [1.82, 2.24) is 19.5 Å². The number of nitrogens with zero attached hydrogens (tertiary/aromatic N) is 4. The average molecular weight is 570 g/mol. The van der Waals surface area contributed by atoms with Crippen molar-refractivity contribution >= 4 is 46.0 Å². The van der Waals surface area contributed by atoms with Crippen LogP contribution in [-0.4, -0.2) is 61.0 Å². The summed E-state index contributed by atoms with van der Waals surface area (Å²) in [6.45, 7) is 10.2. The van der Waals surface area contributed by atoms with Gasteiger partial charge in [-0.05, 0) is 55.6 Å². The van der Waals surface area contributed by atoms with Crippen LogP contribution >= 0.6 is 11.8 Å². The van der Waals surface area contributed by atoms with Gasteiger partial charge in [-0.15, -0.1) is 0 Å². The van der Waals surface area contributed by atoms with Crippen molar-refractivity contribution in [3.63, 3.8) is 0 Å². The second kappa shape index (κ2) is 11.2. The Hall–Kier alpha value is -2.93. The number of hydrogen-bond acceptors (Lipinski definition) is 10. The van der Waals surface area contributed by atoms with E-state index in [0.29, 0.717) is 34.8 Å². The summed E-state index contributed by atoms with van der Waals surface area (Å²) in [5.74, 6) is 1.23. The van der Waals surface area contributed by atoms with Crippen molar-refractivity contribution in [1.29, 1.82) is 0 Å². The first-order valence-corrected chi connectivity index (χ1v) is 14.8. The second-order valence-electron chi connectivity index (χ2n) is 11.8. The number of unbranched alkanes of at least 4 members (excludes halogenated alkanes) is 1. The van der Waals surface area contributed by atoms with Crippen LogP contribution in [0.1, 0.15) is 65.7 Å². The van der Waals surface area contributed by atoms with Crippen LogP contribution in [0.4, 0.5) is 17.2 Å². The maximum Gasteiger partial charge on any atom is 0.224 e. The number of benzene rings is 1. The highest BCUT2D eigenvalue weighted by atomic mass is 32.2. The molecule has 4 heterocycles. The van der Waals surface area contributed by atoms with E-state index in [0.717, 1.165) is 29.9 Å². The zero-order valence-corrected chi connectivity index (χ0v) is 24.5. The van der Waals surface area contributed by atoms with Gasteiger partial charge in [-0.1, -0.05) is 26.8 Å². The Labute approximate surface area is 238 Å². The molecule has 11 nitrogen and oxygen atoms in total. The third-order valence-corrected chi connectivity index (χ3v) is 8.34. The van der Waals surface area contributed by atoms with E-state index in [1.165, 1.54) is 6.33 Å². The number of nitrogens with one attached hydrogen (secondary N) is 1. The summed E-state index contributed by atoms with van der Waals surface area (Å²) in [5, 5.41) is 2.95. The molecule has 2 aromatic heterocycles. The van der Waals surface area contributed by atoms with Crippen molar-refractivity contribution in [2.24, 2.45) is 0 Å². The molecule has 0 unspecified atom stereocenters. The molecule has 0 spiro atoms. The van der Waals surface area contributed by atoms with Gasteiger partial charge in [0.05, 0.1) is 23.8 Å². The van der Waals surface area contributed by atoms with E-state index in [1.54, 1.807) is 18.1 Å². The quantitative estimate of drug-likeness (QED) is 0.252. The van der Waals surface area contributed by atoms with E-state index in [1.807, 2.05) is 36.6 Å². The Bertz CT molecular complexity index is 1370. The molecule has 0 saturated carbocycles. The van der Waals surface area contributed by atoms with Crippen LogP contribution in [0.2, 0.25) is 0 Å². The Morgan fingerprint density at radius 1 is 1.12 bits per heavy atom. The summed E-state index contributed by atoms with van der Waals surface area (Å²) in [4.78, 5) is 25.3. The number of fused-ring (bicyclic) bond motifs is 2. The second-order valence-corrected chi connectivity index (χ2v) is 13.0. The standard InChI is InChI=1S/C28H39N7O4S/c1-27(2,3)16-9-10-18(17(29)12-16)34-20(36)8-6-7-11-40-13-19-22-23(39-28(4,5)38-22)26(37-19)35-15-33-21-24(30)31-14-32-25(21)35/h9-10,12,14-15,19,22-23,26H,6-8,11,13,29H2,1-5H3,(H,34,36)(H2,30,31,32)/t19-,22+,23-,26-/m1/s1. The SMILES string of the molecule is CC1(C)O[C@@H]2[C@@H](O1)[C@@H](CSCCCCC(=O)Nc1ccc(C(C)(C)C)cc1N)O[C@H]2n1cnc2c(N)ncnc21. The van der Waals surface area contributed by atoms with Crippen molar-refractivity contribution in [3.05, 3.63) is 36.4 Å². The molecule has 2 aliphatic rings. The summed E-state index contributed by atoms with van der Waals surface area (Å²) < 4.78 is 20.8. The topological polar surface area (TPSA) is 152 Å². The Morgan fingerprint density at radius 3 is 2.65 bits per heavy atom. The molecule has 4 atom stereocenters. The molecule has 2 aliphatic heterocycles. The molecule has 5 rings (SSSR count). The summed E-state index contributed by atoms with van der Waals surface area (Å²) in [7, 11) is 0. The lowest BCUT2D eigenvalue weighted by atomic mass is 9.86. The summed E-state index contributed by atoms with van der Waals surface area (Å²) in [6, 6.07) is 5.84.